The molecule has 6 heteroatoms. The Balaban J connectivity index is 1.27. The predicted octanol–water partition coefficient (Wildman–Crippen LogP) is 3.62. The summed E-state index contributed by atoms with van der Waals surface area (Å²) < 4.78 is 0. The van der Waals surface area contributed by atoms with E-state index in [1.54, 1.807) is 0 Å². The van der Waals surface area contributed by atoms with E-state index in [2.05, 4.69) is 46.3 Å². The highest BCUT2D eigenvalue weighted by Gasteiger charge is 2.31. The Morgan fingerprint density at radius 3 is 2.58 bits per heavy atom. The second-order valence-corrected chi connectivity index (χ2v) is 9.01. The summed E-state index contributed by atoms with van der Waals surface area (Å²) in [6.07, 6.45) is 8.37. The number of carbonyl (C=O) groups is 1. The van der Waals surface area contributed by atoms with Crippen LogP contribution in [0, 0.1) is 5.92 Å². The number of nitrogens with zero attached hydrogens (tertiary/aromatic N) is 4. The molecule has 4 aliphatic rings. The molecule has 1 amide bonds. The third kappa shape index (κ3) is 3.86. The molecule has 0 bridgehead atoms. The van der Waals surface area contributed by atoms with Gasteiger partial charge in [-0.2, -0.15) is 0 Å². The number of rotatable bonds is 4. The second kappa shape index (κ2) is 8.45. The van der Waals surface area contributed by atoms with Crippen LogP contribution in [0.5, 0.6) is 0 Å². The second-order valence-electron chi connectivity index (χ2n) is 9.01. The van der Waals surface area contributed by atoms with Gasteiger partial charge in [0.1, 0.15) is 5.84 Å². The van der Waals surface area contributed by atoms with Crippen LogP contribution in [0.2, 0.25) is 0 Å². The first-order valence-electron chi connectivity index (χ1n) is 11.6. The number of fused-ring (bicyclic) bond motifs is 1. The van der Waals surface area contributed by atoms with Gasteiger partial charge >= 0.3 is 0 Å². The largest absolute Gasteiger partial charge is 0.338 e. The Labute approximate surface area is 184 Å². The zero-order chi connectivity index (χ0) is 21.4. The number of benzene rings is 1. The molecule has 2 aliphatic carbocycles. The summed E-state index contributed by atoms with van der Waals surface area (Å²) in [5, 5.41) is 2.36. The Kier molecular flexibility index (Phi) is 5.51. The van der Waals surface area contributed by atoms with Gasteiger partial charge in [0.05, 0.1) is 11.3 Å². The number of carbonyl (C=O) groups excluding carboxylic acids is 1. The number of hydrogen-bond donors (Lipinski definition) is 1. The van der Waals surface area contributed by atoms with Crippen molar-refractivity contribution in [3.63, 3.8) is 0 Å². The average Bonchev–Trinajstić information content (AvgIpc) is 3.12. The van der Waals surface area contributed by atoms with Crippen molar-refractivity contribution in [2.24, 2.45) is 15.9 Å². The fraction of sp³-hybridized carbons (Fsp3) is 0.520. The predicted molar refractivity (Wildman–Crippen MR) is 124 cm³/mol. The Morgan fingerprint density at radius 2 is 1.97 bits per heavy atom. The Hall–Kier alpha value is -2.69. The molecule has 1 saturated carbocycles. The van der Waals surface area contributed by atoms with Gasteiger partial charge in [0.2, 0.25) is 0 Å². The van der Waals surface area contributed by atoms with Gasteiger partial charge in [-0.1, -0.05) is 12.1 Å². The van der Waals surface area contributed by atoms with E-state index in [9.17, 15) is 4.79 Å². The van der Waals surface area contributed by atoms with Crippen LogP contribution in [-0.4, -0.2) is 48.5 Å². The number of hydrogen-bond acceptors (Lipinski definition) is 4. The summed E-state index contributed by atoms with van der Waals surface area (Å²) in [6.45, 7) is 4.53. The standard InChI is InChI=1S/C25H31N5O/c1-17(20-9-10-21-16-27-30(23(21)15-20)22-7-4-8-22)28-24(26-2)18-11-13-29(14-12-18)25(31)19-5-3-6-19/h3,9-10,15,18,22,27H,4-5,7-8,11-14,16H2,1-2H3. The lowest BCUT2D eigenvalue weighted by atomic mass is 9.92. The van der Waals surface area contributed by atoms with Crippen molar-refractivity contribution in [1.82, 2.24) is 10.3 Å². The van der Waals surface area contributed by atoms with E-state index in [1.165, 1.54) is 30.5 Å². The normalized spacial score (nSPS) is 22.2. The van der Waals surface area contributed by atoms with Crippen LogP contribution in [0.3, 0.4) is 0 Å². The minimum absolute atomic E-state index is 0.151. The average molecular weight is 418 g/mol. The number of likely N-dealkylation sites (tertiary alicyclic amines) is 1. The summed E-state index contributed by atoms with van der Waals surface area (Å²) in [7, 11) is 1.83. The van der Waals surface area contributed by atoms with Gasteiger partial charge < -0.3 is 9.91 Å². The lowest BCUT2D eigenvalue weighted by molar-refractivity contribution is -0.128. The van der Waals surface area contributed by atoms with E-state index in [0.717, 1.165) is 61.6 Å². The number of aliphatic imine (C=N–C) groups is 2. The van der Waals surface area contributed by atoms with Gasteiger partial charge in [-0.15, -0.1) is 5.73 Å². The molecular weight excluding hydrogens is 386 g/mol. The number of nitrogens with one attached hydrogen (secondary N) is 1. The summed E-state index contributed by atoms with van der Waals surface area (Å²) in [5.41, 5.74) is 12.2. The molecule has 31 heavy (non-hydrogen) atoms. The first-order valence-corrected chi connectivity index (χ1v) is 11.6. The monoisotopic (exact) mass is 417 g/mol. The van der Waals surface area contributed by atoms with Crippen molar-refractivity contribution in [2.75, 3.05) is 25.1 Å². The molecule has 1 saturated heterocycles. The molecule has 0 unspecified atom stereocenters. The van der Waals surface area contributed by atoms with Crippen molar-refractivity contribution >= 4 is 23.1 Å². The summed E-state index contributed by atoms with van der Waals surface area (Å²) >= 11 is 0. The molecule has 2 aliphatic heterocycles. The van der Waals surface area contributed by atoms with Crippen molar-refractivity contribution in [3.8, 4) is 0 Å². The van der Waals surface area contributed by atoms with Crippen LogP contribution in [0.4, 0.5) is 5.69 Å². The molecule has 2 fully saturated rings. The maximum atomic E-state index is 12.4. The lowest BCUT2D eigenvalue weighted by Crippen LogP contribution is -2.45. The molecule has 0 spiro atoms. The van der Waals surface area contributed by atoms with Gasteiger partial charge in [-0.3, -0.25) is 9.79 Å². The quantitative estimate of drug-likeness (QED) is 0.462. The van der Waals surface area contributed by atoms with Gasteiger partial charge in [0, 0.05) is 50.8 Å². The molecule has 0 atom stereocenters. The zero-order valence-electron chi connectivity index (χ0n) is 18.5. The summed E-state index contributed by atoms with van der Waals surface area (Å²) in [5.74, 6) is 1.36. The zero-order valence-corrected chi connectivity index (χ0v) is 18.5. The van der Waals surface area contributed by atoms with Crippen LogP contribution in [-0.2, 0) is 11.3 Å². The SMILES string of the molecule is CN=C(N=C(C)c1ccc2c(c1)N(C1CCC1)NC2)C1CCN(C(=O)C2=C=CC2)CC1. The minimum atomic E-state index is 0.151. The molecule has 1 aromatic carbocycles. The summed E-state index contributed by atoms with van der Waals surface area (Å²) in [6, 6.07) is 7.31. The number of amides is 1. The molecule has 1 N–H and O–H groups in total. The third-order valence-electron chi connectivity index (χ3n) is 7.14. The minimum Gasteiger partial charge on any atom is -0.338 e. The summed E-state index contributed by atoms with van der Waals surface area (Å²) in [4.78, 5) is 23.9. The molecule has 0 aromatic heterocycles. The first-order chi connectivity index (χ1) is 15.1. The van der Waals surface area contributed by atoms with E-state index in [0.29, 0.717) is 12.0 Å². The fourth-order valence-electron chi connectivity index (χ4n) is 4.83. The van der Waals surface area contributed by atoms with Gasteiger partial charge in [0.25, 0.3) is 5.91 Å². The maximum Gasteiger partial charge on any atom is 0.257 e. The molecule has 5 rings (SSSR count). The Morgan fingerprint density at radius 1 is 1.19 bits per heavy atom. The van der Waals surface area contributed by atoms with Crippen molar-refractivity contribution < 1.29 is 4.79 Å². The van der Waals surface area contributed by atoms with Crippen molar-refractivity contribution in [1.29, 1.82) is 0 Å². The van der Waals surface area contributed by atoms with E-state index >= 15 is 0 Å². The number of hydrazine groups is 1. The fourth-order valence-corrected chi connectivity index (χ4v) is 4.83. The molecule has 6 nitrogen and oxygen atoms in total. The number of amidine groups is 1. The first kappa shape index (κ1) is 20.2. The van der Waals surface area contributed by atoms with Gasteiger partial charge in [-0.05, 0) is 62.3 Å². The smallest absolute Gasteiger partial charge is 0.257 e. The van der Waals surface area contributed by atoms with Crippen molar-refractivity contribution in [3.05, 3.63) is 46.7 Å². The van der Waals surface area contributed by atoms with Crippen LogP contribution in [0.15, 0.2) is 45.6 Å². The molecule has 162 valence electrons. The highest BCUT2D eigenvalue weighted by Crippen LogP contribution is 2.34. The highest BCUT2D eigenvalue weighted by atomic mass is 16.2. The molecule has 2 heterocycles. The number of anilines is 1. The third-order valence-corrected chi connectivity index (χ3v) is 7.14. The van der Waals surface area contributed by atoms with Crippen LogP contribution in [0.1, 0.15) is 56.6 Å². The highest BCUT2D eigenvalue weighted by molar-refractivity contribution is 6.07. The van der Waals surface area contributed by atoms with Gasteiger partial charge in [0.15, 0.2) is 0 Å². The topological polar surface area (TPSA) is 60.3 Å². The van der Waals surface area contributed by atoms with Gasteiger partial charge in [-0.25, -0.2) is 10.4 Å². The number of piperidine rings is 1. The van der Waals surface area contributed by atoms with E-state index in [4.69, 9.17) is 4.99 Å². The van der Waals surface area contributed by atoms with Crippen LogP contribution in [0.25, 0.3) is 0 Å². The maximum absolute atomic E-state index is 12.4. The van der Waals surface area contributed by atoms with Crippen LogP contribution < -0.4 is 10.4 Å². The van der Waals surface area contributed by atoms with Crippen molar-refractivity contribution in [2.45, 2.75) is 58.0 Å². The lowest BCUT2D eigenvalue weighted by Gasteiger charge is -2.36. The van der Waals surface area contributed by atoms with E-state index in [-0.39, 0.29) is 5.91 Å². The van der Waals surface area contributed by atoms with Crippen LogP contribution >= 0.6 is 0 Å². The molecule has 1 aromatic rings. The van der Waals surface area contributed by atoms with E-state index in [1.807, 2.05) is 18.0 Å². The molecule has 0 radical (unpaired) electrons. The van der Waals surface area contributed by atoms with E-state index < -0.39 is 0 Å². The Bertz CT molecular complexity index is 1000. The molecular formula is C25H31N5O.